The summed E-state index contributed by atoms with van der Waals surface area (Å²) in [7, 11) is 0. The van der Waals surface area contributed by atoms with E-state index in [1.54, 1.807) is 0 Å². The van der Waals surface area contributed by atoms with Crippen LogP contribution in [0.15, 0.2) is 0 Å². The van der Waals surface area contributed by atoms with Crippen LogP contribution in [0.2, 0.25) is 0 Å². The Balaban J connectivity index is 1.64. The van der Waals surface area contributed by atoms with E-state index in [4.69, 9.17) is 0 Å². The standard InChI is InChI=1S/C15H29N3O/c1-3-17(4-2)12-13-7-9-18(10-8-13)15(19)11-16-14-5-6-14/h13-14,16H,3-12H2,1-2H3. The summed E-state index contributed by atoms with van der Waals surface area (Å²) in [5, 5.41) is 3.32. The summed E-state index contributed by atoms with van der Waals surface area (Å²) in [5.74, 6) is 1.08. The van der Waals surface area contributed by atoms with Gasteiger partial charge in [0.05, 0.1) is 6.54 Å². The average Bonchev–Trinajstić information content (AvgIpc) is 3.27. The van der Waals surface area contributed by atoms with E-state index in [-0.39, 0.29) is 0 Å². The van der Waals surface area contributed by atoms with Crippen molar-refractivity contribution >= 4 is 5.91 Å². The van der Waals surface area contributed by atoms with Gasteiger partial charge in [-0.15, -0.1) is 0 Å². The van der Waals surface area contributed by atoms with Crippen LogP contribution in [0.5, 0.6) is 0 Å². The van der Waals surface area contributed by atoms with Gasteiger partial charge in [-0.1, -0.05) is 13.8 Å². The van der Waals surface area contributed by atoms with Gasteiger partial charge in [0.2, 0.25) is 5.91 Å². The molecule has 1 N–H and O–H groups in total. The number of nitrogens with zero attached hydrogens (tertiary/aromatic N) is 2. The van der Waals surface area contributed by atoms with E-state index in [1.165, 1.54) is 32.2 Å². The minimum atomic E-state index is 0.299. The third-order valence-electron chi connectivity index (χ3n) is 4.50. The van der Waals surface area contributed by atoms with Crippen molar-refractivity contribution < 1.29 is 4.79 Å². The summed E-state index contributed by atoms with van der Waals surface area (Å²) < 4.78 is 0. The second-order valence-electron chi connectivity index (χ2n) is 5.97. The second kappa shape index (κ2) is 7.25. The quantitative estimate of drug-likeness (QED) is 0.755. The van der Waals surface area contributed by atoms with Crippen molar-refractivity contribution in [2.45, 2.75) is 45.6 Å². The number of rotatable bonds is 7. The molecular weight excluding hydrogens is 238 g/mol. The van der Waals surface area contributed by atoms with Crippen molar-refractivity contribution in [2.24, 2.45) is 5.92 Å². The molecular formula is C15H29N3O. The van der Waals surface area contributed by atoms with Gasteiger partial charge in [0, 0.05) is 25.7 Å². The number of nitrogens with one attached hydrogen (secondary N) is 1. The van der Waals surface area contributed by atoms with Crippen molar-refractivity contribution in [3.05, 3.63) is 0 Å². The molecule has 1 saturated heterocycles. The van der Waals surface area contributed by atoms with Gasteiger partial charge in [0.1, 0.15) is 0 Å². The third-order valence-corrected chi connectivity index (χ3v) is 4.50. The van der Waals surface area contributed by atoms with Gasteiger partial charge in [0.15, 0.2) is 0 Å². The Labute approximate surface area is 117 Å². The summed E-state index contributed by atoms with van der Waals surface area (Å²) in [6.07, 6.45) is 4.84. The number of carbonyl (C=O) groups is 1. The predicted octanol–water partition coefficient (Wildman–Crippen LogP) is 1.32. The lowest BCUT2D eigenvalue weighted by Gasteiger charge is -2.34. The zero-order chi connectivity index (χ0) is 13.7. The fourth-order valence-electron chi connectivity index (χ4n) is 2.84. The lowest BCUT2D eigenvalue weighted by Crippen LogP contribution is -2.45. The lowest BCUT2D eigenvalue weighted by atomic mass is 9.96. The summed E-state index contributed by atoms with van der Waals surface area (Å²) in [6.45, 7) is 10.4. The Morgan fingerprint density at radius 1 is 1.16 bits per heavy atom. The van der Waals surface area contributed by atoms with Crippen LogP contribution in [-0.4, -0.2) is 61.0 Å². The number of likely N-dealkylation sites (tertiary alicyclic amines) is 1. The van der Waals surface area contributed by atoms with E-state index in [9.17, 15) is 4.79 Å². The van der Waals surface area contributed by atoms with Crippen LogP contribution in [0.3, 0.4) is 0 Å². The topological polar surface area (TPSA) is 35.6 Å². The highest BCUT2D eigenvalue weighted by Gasteiger charge is 2.26. The number of piperidine rings is 1. The smallest absolute Gasteiger partial charge is 0.236 e. The van der Waals surface area contributed by atoms with E-state index in [0.717, 1.165) is 32.1 Å². The SMILES string of the molecule is CCN(CC)CC1CCN(C(=O)CNC2CC2)CC1. The van der Waals surface area contributed by atoms with E-state index in [0.29, 0.717) is 18.5 Å². The zero-order valence-corrected chi connectivity index (χ0v) is 12.5. The fourth-order valence-corrected chi connectivity index (χ4v) is 2.84. The molecule has 2 rings (SSSR count). The molecule has 0 unspecified atom stereocenters. The molecule has 19 heavy (non-hydrogen) atoms. The number of hydrogen-bond acceptors (Lipinski definition) is 3. The van der Waals surface area contributed by atoms with Gasteiger partial charge in [-0.2, -0.15) is 0 Å². The third kappa shape index (κ3) is 4.77. The minimum Gasteiger partial charge on any atom is -0.342 e. The first-order valence-electron chi connectivity index (χ1n) is 7.96. The van der Waals surface area contributed by atoms with E-state index >= 15 is 0 Å². The molecule has 2 fully saturated rings. The maximum absolute atomic E-state index is 12.0. The molecule has 0 atom stereocenters. The van der Waals surface area contributed by atoms with Crippen LogP contribution in [-0.2, 0) is 4.79 Å². The number of hydrogen-bond donors (Lipinski definition) is 1. The molecule has 110 valence electrons. The predicted molar refractivity (Wildman–Crippen MR) is 78.1 cm³/mol. The van der Waals surface area contributed by atoms with E-state index in [1.807, 2.05) is 4.90 Å². The summed E-state index contributed by atoms with van der Waals surface area (Å²) >= 11 is 0. The molecule has 1 amide bonds. The summed E-state index contributed by atoms with van der Waals surface area (Å²) in [6, 6.07) is 0.629. The molecule has 2 aliphatic rings. The highest BCUT2D eigenvalue weighted by molar-refractivity contribution is 5.78. The van der Waals surface area contributed by atoms with Crippen LogP contribution in [0.1, 0.15) is 39.5 Å². The number of carbonyl (C=O) groups excluding carboxylic acids is 1. The zero-order valence-electron chi connectivity index (χ0n) is 12.5. The summed E-state index contributed by atoms with van der Waals surface area (Å²) in [4.78, 5) is 16.6. The van der Waals surface area contributed by atoms with Crippen molar-refractivity contribution in [1.82, 2.24) is 15.1 Å². The molecule has 0 aromatic heterocycles. The second-order valence-corrected chi connectivity index (χ2v) is 5.97. The Bertz CT molecular complexity index is 279. The minimum absolute atomic E-state index is 0.299. The molecule has 1 aliphatic carbocycles. The van der Waals surface area contributed by atoms with Crippen LogP contribution in [0, 0.1) is 5.92 Å². The molecule has 1 heterocycles. The molecule has 0 aromatic rings. The maximum Gasteiger partial charge on any atom is 0.236 e. The molecule has 4 nitrogen and oxygen atoms in total. The molecule has 1 saturated carbocycles. The Morgan fingerprint density at radius 3 is 2.32 bits per heavy atom. The average molecular weight is 267 g/mol. The Kier molecular flexibility index (Phi) is 5.64. The van der Waals surface area contributed by atoms with Gasteiger partial charge in [-0.3, -0.25) is 4.79 Å². The molecule has 4 heteroatoms. The van der Waals surface area contributed by atoms with Crippen LogP contribution in [0.4, 0.5) is 0 Å². The highest BCUT2D eigenvalue weighted by atomic mass is 16.2. The van der Waals surface area contributed by atoms with Crippen LogP contribution >= 0.6 is 0 Å². The molecule has 1 aliphatic heterocycles. The van der Waals surface area contributed by atoms with E-state index < -0.39 is 0 Å². The molecule has 0 aromatic carbocycles. The molecule has 0 spiro atoms. The molecule has 0 radical (unpaired) electrons. The normalized spacial score (nSPS) is 21.1. The van der Waals surface area contributed by atoms with Gasteiger partial charge in [-0.05, 0) is 44.7 Å². The van der Waals surface area contributed by atoms with Gasteiger partial charge >= 0.3 is 0 Å². The van der Waals surface area contributed by atoms with Crippen molar-refractivity contribution in [3.8, 4) is 0 Å². The largest absolute Gasteiger partial charge is 0.342 e. The van der Waals surface area contributed by atoms with Crippen molar-refractivity contribution in [3.63, 3.8) is 0 Å². The summed E-state index contributed by atoms with van der Waals surface area (Å²) in [5.41, 5.74) is 0. The molecule has 0 bridgehead atoms. The van der Waals surface area contributed by atoms with Gasteiger partial charge < -0.3 is 15.1 Å². The Hall–Kier alpha value is -0.610. The first kappa shape index (κ1) is 14.8. The van der Waals surface area contributed by atoms with Gasteiger partial charge in [0.25, 0.3) is 0 Å². The van der Waals surface area contributed by atoms with Crippen LogP contribution < -0.4 is 5.32 Å². The first-order valence-corrected chi connectivity index (χ1v) is 7.96. The highest BCUT2D eigenvalue weighted by Crippen LogP contribution is 2.20. The lowest BCUT2D eigenvalue weighted by molar-refractivity contribution is -0.131. The van der Waals surface area contributed by atoms with Crippen molar-refractivity contribution in [1.29, 1.82) is 0 Å². The first-order chi connectivity index (χ1) is 9.22. The van der Waals surface area contributed by atoms with Gasteiger partial charge in [-0.25, -0.2) is 0 Å². The maximum atomic E-state index is 12.0. The van der Waals surface area contributed by atoms with Crippen LogP contribution in [0.25, 0.3) is 0 Å². The van der Waals surface area contributed by atoms with E-state index in [2.05, 4.69) is 24.1 Å². The Morgan fingerprint density at radius 2 is 1.79 bits per heavy atom. The fraction of sp³-hybridized carbons (Fsp3) is 0.933. The van der Waals surface area contributed by atoms with Crippen molar-refractivity contribution in [2.75, 3.05) is 39.3 Å². The monoisotopic (exact) mass is 267 g/mol. The number of amides is 1.